The van der Waals surface area contributed by atoms with Gasteiger partial charge in [-0.3, -0.25) is 4.79 Å². The number of halogens is 3. The molecule has 8 heteroatoms. The van der Waals surface area contributed by atoms with E-state index in [1.54, 1.807) is 12.1 Å². The van der Waals surface area contributed by atoms with Gasteiger partial charge in [0.05, 0.1) is 0 Å². The summed E-state index contributed by atoms with van der Waals surface area (Å²) >= 11 is 0. The molecule has 1 amide bonds. The van der Waals surface area contributed by atoms with Gasteiger partial charge in [-0.2, -0.15) is 18.2 Å². The molecule has 0 radical (unpaired) electrons. The maximum absolute atomic E-state index is 12.5. The van der Waals surface area contributed by atoms with Crippen molar-refractivity contribution in [1.82, 2.24) is 15.5 Å². The Bertz CT molecular complexity index is 785. The number of aromatic nitrogens is 2. The Kier molecular flexibility index (Phi) is 3.77. The normalized spacial score (nSPS) is 25.3. The van der Waals surface area contributed by atoms with Gasteiger partial charge in [-0.15, -0.1) is 0 Å². The summed E-state index contributed by atoms with van der Waals surface area (Å²) in [6.45, 7) is 0. The average molecular weight is 351 g/mol. The van der Waals surface area contributed by atoms with Crippen molar-refractivity contribution < 1.29 is 22.5 Å². The Balaban J connectivity index is 1.44. The summed E-state index contributed by atoms with van der Waals surface area (Å²) in [5.41, 5.74) is 0.821. The number of carbonyl (C=O) groups is 1. The highest BCUT2D eigenvalue weighted by atomic mass is 19.4. The lowest BCUT2D eigenvalue weighted by atomic mass is 9.95. The number of benzene rings is 1. The van der Waals surface area contributed by atoms with Gasteiger partial charge >= 0.3 is 12.1 Å². The summed E-state index contributed by atoms with van der Waals surface area (Å²) in [5.74, 6) is -0.395. The Morgan fingerprint density at radius 2 is 1.92 bits per heavy atom. The van der Waals surface area contributed by atoms with Gasteiger partial charge in [-0.25, -0.2) is 0 Å². The third-order valence-corrected chi connectivity index (χ3v) is 5.13. The topological polar surface area (TPSA) is 68.0 Å². The quantitative estimate of drug-likeness (QED) is 0.916. The number of fused-ring (bicyclic) bond motifs is 2. The third kappa shape index (κ3) is 3.12. The predicted molar refractivity (Wildman–Crippen MR) is 81.4 cm³/mol. The van der Waals surface area contributed by atoms with Crippen LogP contribution >= 0.6 is 0 Å². The van der Waals surface area contributed by atoms with Crippen LogP contribution in [-0.2, 0) is 6.18 Å². The predicted octanol–water partition coefficient (Wildman–Crippen LogP) is 3.67. The molecule has 2 aliphatic rings. The molecule has 3 atom stereocenters. The molecule has 1 aromatic heterocycles. The first-order valence-corrected chi connectivity index (χ1v) is 8.22. The van der Waals surface area contributed by atoms with Crippen LogP contribution < -0.4 is 5.32 Å². The minimum Gasteiger partial charge on any atom is -0.349 e. The van der Waals surface area contributed by atoms with E-state index in [2.05, 4.69) is 20.0 Å². The van der Waals surface area contributed by atoms with Gasteiger partial charge in [-0.05, 0) is 43.2 Å². The summed E-state index contributed by atoms with van der Waals surface area (Å²) in [5, 5.41) is 6.40. The van der Waals surface area contributed by atoms with E-state index >= 15 is 0 Å². The molecule has 2 aromatic rings. The zero-order valence-corrected chi connectivity index (χ0v) is 13.2. The van der Waals surface area contributed by atoms with Crippen LogP contribution in [0.5, 0.6) is 0 Å². The summed E-state index contributed by atoms with van der Waals surface area (Å²) in [4.78, 5) is 15.7. The molecule has 25 heavy (non-hydrogen) atoms. The van der Waals surface area contributed by atoms with Gasteiger partial charge in [0.15, 0.2) is 0 Å². The summed E-state index contributed by atoms with van der Waals surface area (Å²) in [6.07, 6.45) is -0.00315. The Hall–Kier alpha value is -2.38. The molecular weight excluding hydrogens is 335 g/mol. The highest BCUT2D eigenvalue weighted by Gasteiger charge is 2.40. The monoisotopic (exact) mass is 351 g/mol. The largest absolute Gasteiger partial charge is 0.471 e. The minimum absolute atomic E-state index is 0.159. The maximum Gasteiger partial charge on any atom is 0.471 e. The van der Waals surface area contributed by atoms with Crippen LogP contribution in [-0.4, -0.2) is 22.1 Å². The van der Waals surface area contributed by atoms with Gasteiger partial charge in [0.2, 0.25) is 5.82 Å². The van der Waals surface area contributed by atoms with E-state index in [1.807, 2.05) is 0 Å². The third-order valence-electron chi connectivity index (χ3n) is 5.13. The van der Waals surface area contributed by atoms with E-state index < -0.39 is 12.1 Å². The van der Waals surface area contributed by atoms with Gasteiger partial charge in [0, 0.05) is 17.2 Å². The van der Waals surface area contributed by atoms with Crippen molar-refractivity contribution in [2.45, 2.75) is 37.9 Å². The molecule has 0 spiro atoms. The van der Waals surface area contributed by atoms with Crippen molar-refractivity contribution in [1.29, 1.82) is 0 Å². The molecule has 2 bridgehead atoms. The van der Waals surface area contributed by atoms with E-state index in [-0.39, 0.29) is 17.8 Å². The van der Waals surface area contributed by atoms with Crippen LogP contribution in [0.15, 0.2) is 28.8 Å². The second-order valence-electron chi connectivity index (χ2n) is 6.75. The molecule has 2 fully saturated rings. The first-order valence-electron chi connectivity index (χ1n) is 8.22. The number of hydrogen-bond donors (Lipinski definition) is 1. The van der Waals surface area contributed by atoms with Crippen molar-refractivity contribution in [2.24, 2.45) is 11.8 Å². The van der Waals surface area contributed by atoms with Crippen molar-refractivity contribution in [2.75, 3.05) is 0 Å². The van der Waals surface area contributed by atoms with Gasteiger partial charge in [-0.1, -0.05) is 23.7 Å². The van der Waals surface area contributed by atoms with Gasteiger partial charge < -0.3 is 9.84 Å². The molecule has 4 rings (SSSR count). The van der Waals surface area contributed by atoms with Crippen LogP contribution in [0.3, 0.4) is 0 Å². The highest BCUT2D eigenvalue weighted by Crippen LogP contribution is 2.44. The Labute approximate surface area is 141 Å². The number of carbonyl (C=O) groups excluding carboxylic acids is 1. The van der Waals surface area contributed by atoms with E-state index in [0.717, 1.165) is 12.3 Å². The standard InChI is InChI=1S/C17H16F3N3O2/c18-17(19,20)16-22-14(23-25-16)10-3-5-11(6-4-10)15(24)21-13-8-9-1-2-12(13)7-9/h3-6,9,12-13H,1-2,7-8H2,(H,21,24)/t9-,12-,13+/m0/s1. The van der Waals surface area contributed by atoms with Crippen LogP contribution in [0.25, 0.3) is 11.4 Å². The number of nitrogens with one attached hydrogen (secondary N) is 1. The Morgan fingerprint density at radius 3 is 2.48 bits per heavy atom. The van der Waals surface area contributed by atoms with E-state index in [0.29, 0.717) is 17.0 Å². The van der Waals surface area contributed by atoms with Crippen molar-refractivity contribution in [3.63, 3.8) is 0 Å². The SMILES string of the molecule is O=C(N[C@@H]1C[C@H]2CC[C@H]1C2)c1ccc(-c2noc(C(F)(F)F)n2)cc1. The fourth-order valence-electron chi connectivity index (χ4n) is 3.90. The lowest BCUT2D eigenvalue weighted by Crippen LogP contribution is -2.38. The Morgan fingerprint density at radius 1 is 1.16 bits per heavy atom. The van der Waals surface area contributed by atoms with Crippen LogP contribution in [0.4, 0.5) is 13.2 Å². The minimum atomic E-state index is -4.67. The van der Waals surface area contributed by atoms with Crippen molar-refractivity contribution in [3.8, 4) is 11.4 Å². The molecule has 2 aliphatic carbocycles. The average Bonchev–Trinajstić information content (AvgIpc) is 3.30. The van der Waals surface area contributed by atoms with Crippen LogP contribution in [0.1, 0.15) is 41.9 Å². The lowest BCUT2D eigenvalue weighted by molar-refractivity contribution is -0.159. The van der Waals surface area contributed by atoms with Gasteiger partial charge in [0.25, 0.3) is 5.91 Å². The fourth-order valence-corrected chi connectivity index (χ4v) is 3.90. The second kappa shape index (κ2) is 5.86. The number of alkyl halides is 3. The maximum atomic E-state index is 12.5. The second-order valence-corrected chi connectivity index (χ2v) is 6.75. The molecule has 1 heterocycles. The fraction of sp³-hybridized carbons (Fsp3) is 0.471. The molecule has 1 N–H and O–H groups in total. The summed E-state index contributed by atoms with van der Waals surface area (Å²) in [6, 6.07) is 6.38. The molecule has 0 aliphatic heterocycles. The summed E-state index contributed by atoms with van der Waals surface area (Å²) in [7, 11) is 0. The van der Waals surface area contributed by atoms with Crippen molar-refractivity contribution >= 4 is 5.91 Å². The number of amides is 1. The molecular formula is C17H16F3N3O2. The first-order chi connectivity index (χ1) is 11.9. The molecule has 5 nitrogen and oxygen atoms in total. The smallest absolute Gasteiger partial charge is 0.349 e. The number of rotatable bonds is 3. The molecule has 0 saturated heterocycles. The molecule has 1 aromatic carbocycles. The van der Waals surface area contributed by atoms with E-state index in [9.17, 15) is 18.0 Å². The lowest BCUT2D eigenvalue weighted by Gasteiger charge is -2.22. The first kappa shape index (κ1) is 16.1. The van der Waals surface area contributed by atoms with E-state index in [1.165, 1.54) is 31.4 Å². The van der Waals surface area contributed by atoms with Crippen LogP contribution in [0.2, 0.25) is 0 Å². The van der Waals surface area contributed by atoms with Gasteiger partial charge in [0.1, 0.15) is 0 Å². The van der Waals surface area contributed by atoms with E-state index in [4.69, 9.17) is 0 Å². The molecule has 0 unspecified atom stereocenters. The zero-order chi connectivity index (χ0) is 17.6. The van der Waals surface area contributed by atoms with Crippen molar-refractivity contribution in [3.05, 3.63) is 35.7 Å². The number of nitrogens with zero attached hydrogens (tertiary/aromatic N) is 2. The summed E-state index contributed by atoms with van der Waals surface area (Å²) < 4.78 is 41.7. The number of hydrogen-bond acceptors (Lipinski definition) is 4. The molecule has 2 saturated carbocycles. The zero-order valence-electron chi connectivity index (χ0n) is 13.2. The van der Waals surface area contributed by atoms with Crippen LogP contribution in [0, 0.1) is 11.8 Å². The highest BCUT2D eigenvalue weighted by molar-refractivity contribution is 5.94. The molecule has 132 valence electrons.